The quantitative estimate of drug-likeness (QED) is 0.462. The van der Waals surface area contributed by atoms with Gasteiger partial charge in [0, 0.05) is 29.1 Å². The van der Waals surface area contributed by atoms with Crippen LogP contribution in [0.15, 0.2) is 36.4 Å². The van der Waals surface area contributed by atoms with Gasteiger partial charge in [0.25, 0.3) is 0 Å². The summed E-state index contributed by atoms with van der Waals surface area (Å²) in [6, 6.07) is 11.8. The number of fused-ring (bicyclic) bond motifs is 1. The number of hydrogen-bond acceptors (Lipinski definition) is 1. The molecule has 2 aromatic carbocycles. The number of hydrogen-bond donors (Lipinski definition) is 2. The molecule has 0 saturated carbocycles. The predicted octanol–water partition coefficient (Wildman–Crippen LogP) is 6.38. The summed E-state index contributed by atoms with van der Waals surface area (Å²) in [5.74, 6) is -0.210. The van der Waals surface area contributed by atoms with Crippen molar-refractivity contribution in [3.05, 3.63) is 69.6 Å². The minimum Gasteiger partial charge on any atom is -0.396 e. The summed E-state index contributed by atoms with van der Waals surface area (Å²) in [6.45, 7) is 4.57. The molecule has 144 valence electrons. The molecule has 0 fully saturated rings. The first-order valence-corrected chi connectivity index (χ1v) is 10.1. The van der Waals surface area contributed by atoms with Crippen molar-refractivity contribution >= 4 is 22.5 Å². The van der Waals surface area contributed by atoms with Crippen LogP contribution in [-0.4, -0.2) is 16.7 Å². The lowest BCUT2D eigenvalue weighted by atomic mass is 9.91. The van der Waals surface area contributed by atoms with Gasteiger partial charge in [0.1, 0.15) is 5.82 Å². The first-order chi connectivity index (χ1) is 13.0. The van der Waals surface area contributed by atoms with Gasteiger partial charge in [0.05, 0.1) is 5.02 Å². The molecular weight excluding hydrogens is 361 g/mol. The van der Waals surface area contributed by atoms with Gasteiger partial charge in [0.15, 0.2) is 0 Å². The third-order valence-electron chi connectivity index (χ3n) is 5.30. The van der Waals surface area contributed by atoms with Crippen molar-refractivity contribution in [2.45, 2.75) is 51.9 Å². The molecule has 0 aliphatic heterocycles. The van der Waals surface area contributed by atoms with E-state index >= 15 is 0 Å². The van der Waals surface area contributed by atoms with Crippen LogP contribution in [0.25, 0.3) is 10.9 Å². The fourth-order valence-electron chi connectivity index (χ4n) is 3.68. The normalized spacial score (nSPS) is 12.6. The van der Waals surface area contributed by atoms with Gasteiger partial charge < -0.3 is 10.1 Å². The summed E-state index contributed by atoms with van der Waals surface area (Å²) < 4.78 is 13.9. The predicted molar refractivity (Wildman–Crippen MR) is 111 cm³/mol. The van der Waals surface area contributed by atoms with Gasteiger partial charge in [-0.05, 0) is 54.5 Å². The molecule has 0 radical (unpaired) electrons. The van der Waals surface area contributed by atoms with Crippen LogP contribution in [-0.2, 0) is 12.8 Å². The second-order valence-electron chi connectivity index (χ2n) is 7.22. The van der Waals surface area contributed by atoms with Gasteiger partial charge in [-0.3, -0.25) is 0 Å². The van der Waals surface area contributed by atoms with Crippen molar-refractivity contribution < 1.29 is 9.50 Å². The maximum absolute atomic E-state index is 13.9. The van der Waals surface area contributed by atoms with Crippen molar-refractivity contribution in [1.82, 2.24) is 4.98 Å². The third kappa shape index (κ3) is 4.36. The number of halogens is 2. The number of unbranched alkanes of at least 4 members (excludes halogenated alkanes) is 1. The average molecular weight is 388 g/mol. The van der Waals surface area contributed by atoms with Gasteiger partial charge in [0.2, 0.25) is 0 Å². The highest BCUT2D eigenvalue weighted by Gasteiger charge is 2.19. The van der Waals surface area contributed by atoms with Crippen LogP contribution in [0.4, 0.5) is 4.39 Å². The number of aryl methyl sites for hydroxylation is 2. The van der Waals surface area contributed by atoms with E-state index in [1.165, 1.54) is 22.8 Å². The zero-order valence-electron chi connectivity index (χ0n) is 16.0. The molecule has 1 unspecified atom stereocenters. The van der Waals surface area contributed by atoms with E-state index in [0.29, 0.717) is 0 Å². The molecule has 0 spiro atoms. The topological polar surface area (TPSA) is 36.0 Å². The fourth-order valence-corrected chi connectivity index (χ4v) is 3.84. The highest BCUT2D eigenvalue weighted by atomic mass is 35.5. The van der Waals surface area contributed by atoms with E-state index in [0.717, 1.165) is 48.7 Å². The van der Waals surface area contributed by atoms with E-state index in [9.17, 15) is 4.39 Å². The monoisotopic (exact) mass is 387 g/mol. The van der Waals surface area contributed by atoms with Gasteiger partial charge in [-0.2, -0.15) is 0 Å². The fraction of sp³-hybridized carbons (Fsp3) is 0.391. The lowest BCUT2D eigenvalue weighted by Crippen LogP contribution is -2.01. The molecule has 2 N–H and O–H groups in total. The first-order valence-electron chi connectivity index (χ1n) is 9.74. The average Bonchev–Trinajstić information content (AvgIpc) is 3.02. The van der Waals surface area contributed by atoms with Gasteiger partial charge >= 0.3 is 0 Å². The lowest BCUT2D eigenvalue weighted by molar-refractivity contribution is 0.288. The zero-order chi connectivity index (χ0) is 19.4. The molecule has 27 heavy (non-hydrogen) atoms. The lowest BCUT2D eigenvalue weighted by Gasteiger charge is -2.14. The number of aliphatic hydroxyl groups is 1. The van der Waals surface area contributed by atoms with E-state index in [1.54, 1.807) is 6.07 Å². The molecular formula is C23H27ClFNO. The highest BCUT2D eigenvalue weighted by molar-refractivity contribution is 6.31. The Labute approximate surface area is 165 Å². The molecule has 2 nitrogen and oxygen atoms in total. The van der Waals surface area contributed by atoms with Gasteiger partial charge in [-0.25, -0.2) is 4.39 Å². The van der Waals surface area contributed by atoms with E-state index in [4.69, 9.17) is 16.7 Å². The minimum atomic E-state index is -0.389. The second kappa shape index (κ2) is 8.90. The van der Waals surface area contributed by atoms with Crippen molar-refractivity contribution in [3.8, 4) is 0 Å². The standard InChI is InChI=1S/C23H27ClFNO/c1-3-4-7-18-19-13-20(24)21(25)14-22(19)26-23(18)15(2)17-10-8-16(9-11-17)6-5-12-27/h8-11,13-15,26-27H,3-7,12H2,1-2H3. The van der Waals surface area contributed by atoms with Crippen molar-refractivity contribution in [1.29, 1.82) is 0 Å². The first kappa shape index (κ1) is 19.9. The maximum atomic E-state index is 13.9. The number of aromatic nitrogens is 1. The molecule has 0 amide bonds. The molecule has 0 saturated heterocycles. The van der Waals surface area contributed by atoms with Crippen LogP contribution in [0, 0.1) is 5.82 Å². The minimum absolute atomic E-state index is 0.173. The summed E-state index contributed by atoms with van der Waals surface area (Å²) >= 11 is 6.05. The SMILES string of the molecule is CCCCc1c(C(C)c2ccc(CCCO)cc2)[nH]c2cc(F)c(Cl)cc12. The smallest absolute Gasteiger partial charge is 0.143 e. The maximum Gasteiger partial charge on any atom is 0.143 e. The van der Waals surface area contributed by atoms with Gasteiger partial charge in [-0.1, -0.05) is 56.1 Å². The molecule has 1 aromatic heterocycles. The van der Waals surface area contributed by atoms with Crippen LogP contribution in [0.5, 0.6) is 0 Å². The second-order valence-corrected chi connectivity index (χ2v) is 7.63. The Hall–Kier alpha value is -1.84. The molecule has 0 aliphatic rings. The van der Waals surface area contributed by atoms with Gasteiger partial charge in [-0.15, -0.1) is 0 Å². The Bertz CT molecular complexity index is 901. The number of aromatic amines is 1. The Kier molecular flexibility index (Phi) is 6.56. The number of H-pyrrole nitrogens is 1. The number of rotatable bonds is 8. The van der Waals surface area contributed by atoms with Crippen LogP contribution in [0.1, 0.15) is 61.4 Å². The molecule has 4 heteroatoms. The summed E-state index contributed by atoms with van der Waals surface area (Å²) in [6.07, 6.45) is 4.81. The van der Waals surface area contributed by atoms with E-state index in [1.807, 2.05) is 0 Å². The van der Waals surface area contributed by atoms with Crippen molar-refractivity contribution in [3.63, 3.8) is 0 Å². The van der Waals surface area contributed by atoms with Crippen molar-refractivity contribution in [2.75, 3.05) is 6.61 Å². The summed E-state index contributed by atoms with van der Waals surface area (Å²) in [4.78, 5) is 3.46. The van der Waals surface area contributed by atoms with E-state index in [2.05, 4.69) is 43.1 Å². The summed E-state index contributed by atoms with van der Waals surface area (Å²) in [5.41, 5.74) is 5.65. The Morgan fingerprint density at radius 1 is 1.11 bits per heavy atom. The van der Waals surface area contributed by atoms with E-state index < -0.39 is 0 Å². The number of nitrogens with one attached hydrogen (secondary N) is 1. The zero-order valence-corrected chi connectivity index (χ0v) is 16.7. The third-order valence-corrected chi connectivity index (χ3v) is 5.59. The molecule has 3 rings (SSSR count). The van der Waals surface area contributed by atoms with Crippen LogP contribution in [0.2, 0.25) is 5.02 Å². The molecule has 0 bridgehead atoms. The Balaban J connectivity index is 1.98. The largest absolute Gasteiger partial charge is 0.396 e. The molecule has 1 atom stereocenters. The Morgan fingerprint density at radius 2 is 1.85 bits per heavy atom. The van der Waals surface area contributed by atoms with Crippen LogP contribution < -0.4 is 0 Å². The summed E-state index contributed by atoms with van der Waals surface area (Å²) in [5, 5.41) is 10.2. The molecule has 1 heterocycles. The molecule has 3 aromatic rings. The summed E-state index contributed by atoms with van der Waals surface area (Å²) in [7, 11) is 0. The Morgan fingerprint density at radius 3 is 2.52 bits per heavy atom. The highest BCUT2D eigenvalue weighted by Crippen LogP contribution is 2.35. The molecule has 0 aliphatic carbocycles. The van der Waals surface area contributed by atoms with Crippen LogP contribution >= 0.6 is 11.6 Å². The number of benzene rings is 2. The number of aliphatic hydroxyl groups excluding tert-OH is 1. The van der Waals surface area contributed by atoms with Crippen molar-refractivity contribution in [2.24, 2.45) is 0 Å². The van der Waals surface area contributed by atoms with E-state index in [-0.39, 0.29) is 23.4 Å². The van der Waals surface area contributed by atoms with Crippen LogP contribution in [0.3, 0.4) is 0 Å².